The molecule has 2 unspecified atom stereocenters. The van der Waals surface area contributed by atoms with Gasteiger partial charge in [-0.1, -0.05) is 40.5 Å². The lowest BCUT2D eigenvalue weighted by molar-refractivity contribution is -0.123. The molecule has 0 radical (unpaired) electrons. The summed E-state index contributed by atoms with van der Waals surface area (Å²) in [6.07, 6.45) is 2.35. The summed E-state index contributed by atoms with van der Waals surface area (Å²) in [5.41, 5.74) is 0. The number of carbonyl (C=O) groups is 1. The monoisotopic (exact) mass is 170 g/mol. The molecule has 1 heteroatoms. The van der Waals surface area contributed by atoms with E-state index in [-0.39, 0.29) is 5.92 Å². The van der Waals surface area contributed by atoms with Crippen LogP contribution in [0.4, 0.5) is 0 Å². The van der Waals surface area contributed by atoms with Crippen molar-refractivity contribution in [3.8, 4) is 0 Å². The summed E-state index contributed by atoms with van der Waals surface area (Å²) in [6, 6.07) is 0. The van der Waals surface area contributed by atoms with Crippen molar-refractivity contribution in [3.63, 3.8) is 0 Å². The van der Waals surface area contributed by atoms with Crippen LogP contribution < -0.4 is 0 Å². The SMILES string of the molecule is CCCC(C)C(C(C)=O)C(C)C. The van der Waals surface area contributed by atoms with Crippen LogP contribution in [-0.2, 0) is 4.79 Å². The van der Waals surface area contributed by atoms with Crippen molar-refractivity contribution in [1.29, 1.82) is 0 Å². The van der Waals surface area contributed by atoms with E-state index >= 15 is 0 Å². The Bertz CT molecular complexity index is 138. The fraction of sp³-hybridized carbons (Fsp3) is 0.909. The van der Waals surface area contributed by atoms with E-state index in [1.54, 1.807) is 6.92 Å². The van der Waals surface area contributed by atoms with Crippen LogP contribution in [0.3, 0.4) is 0 Å². The van der Waals surface area contributed by atoms with Gasteiger partial charge in [0.05, 0.1) is 0 Å². The maximum Gasteiger partial charge on any atom is 0.133 e. The number of hydrogen-bond donors (Lipinski definition) is 0. The standard InChI is InChI=1S/C11H22O/c1-6-7-9(4)11(8(2)3)10(5)12/h8-9,11H,6-7H2,1-5H3. The van der Waals surface area contributed by atoms with Crippen molar-refractivity contribution in [2.75, 3.05) is 0 Å². The van der Waals surface area contributed by atoms with E-state index in [0.29, 0.717) is 17.6 Å². The zero-order valence-corrected chi connectivity index (χ0v) is 9.05. The molecule has 0 heterocycles. The van der Waals surface area contributed by atoms with E-state index in [0.717, 1.165) is 0 Å². The van der Waals surface area contributed by atoms with E-state index < -0.39 is 0 Å². The fourth-order valence-electron chi connectivity index (χ4n) is 2.16. The minimum absolute atomic E-state index is 0.268. The van der Waals surface area contributed by atoms with Gasteiger partial charge in [-0.05, 0) is 18.8 Å². The first-order valence-electron chi connectivity index (χ1n) is 5.01. The Labute approximate surface area is 76.6 Å². The van der Waals surface area contributed by atoms with Gasteiger partial charge in [0.15, 0.2) is 0 Å². The third-order valence-electron chi connectivity index (χ3n) is 2.54. The van der Waals surface area contributed by atoms with E-state index in [2.05, 4.69) is 27.7 Å². The van der Waals surface area contributed by atoms with E-state index in [4.69, 9.17) is 0 Å². The molecule has 0 aromatic rings. The molecule has 72 valence electrons. The molecule has 0 amide bonds. The molecule has 0 fully saturated rings. The first-order chi connectivity index (χ1) is 5.50. The Hall–Kier alpha value is -0.330. The van der Waals surface area contributed by atoms with E-state index in [1.807, 2.05) is 0 Å². The predicted molar refractivity (Wildman–Crippen MR) is 53.1 cm³/mol. The fourth-order valence-corrected chi connectivity index (χ4v) is 2.16. The summed E-state index contributed by atoms with van der Waals surface area (Å²) < 4.78 is 0. The zero-order valence-electron chi connectivity index (χ0n) is 9.05. The molecule has 0 bridgehead atoms. The van der Waals surface area contributed by atoms with Gasteiger partial charge in [-0.3, -0.25) is 4.79 Å². The Morgan fingerprint density at radius 2 is 1.75 bits per heavy atom. The number of Topliss-reactive ketones (excluding diaryl/α,β-unsaturated/α-hetero) is 1. The zero-order chi connectivity index (χ0) is 9.72. The third kappa shape index (κ3) is 3.38. The van der Waals surface area contributed by atoms with Crippen LogP contribution in [0.25, 0.3) is 0 Å². The van der Waals surface area contributed by atoms with Crippen molar-refractivity contribution in [2.24, 2.45) is 17.8 Å². The topological polar surface area (TPSA) is 17.1 Å². The van der Waals surface area contributed by atoms with Gasteiger partial charge in [0.25, 0.3) is 0 Å². The maximum atomic E-state index is 11.3. The van der Waals surface area contributed by atoms with Crippen LogP contribution in [-0.4, -0.2) is 5.78 Å². The van der Waals surface area contributed by atoms with Gasteiger partial charge >= 0.3 is 0 Å². The smallest absolute Gasteiger partial charge is 0.133 e. The van der Waals surface area contributed by atoms with Crippen molar-refractivity contribution < 1.29 is 4.79 Å². The van der Waals surface area contributed by atoms with Gasteiger partial charge in [-0.15, -0.1) is 0 Å². The average Bonchev–Trinajstić information content (AvgIpc) is 1.85. The summed E-state index contributed by atoms with van der Waals surface area (Å²) in [5, 5.41) is 0. The first kappa shape index (κ1) is 11.7. The van der Waals surface area contributed by atoms with E-state index in [1.165, 1.54) is 12.8 Å². The molecule has 0 aromatic carbocycles. The van der Waals surface area contributed by atoms with Gasteiger partial charge in [-0.25, -0.2) is 0 Å². The van der Waals surface area contributed by atoms with Gasteiger partial charge < -0.3 is 0 Å². The van der Waals surface area contributed by atoms with Crippen LogP contribution in [0.15, 0.2) is 0 Å². The Morgan fingerprint density at radius 3 is 2.00 bits per heavy atom. The van der Waals surface area contributed by atoms with E-state index in [9.17, 15) is 4.79 Å². The lowest BCUT2D eigenvalue weighted by Crippen LogP contribution is -2.24. The maximum absolute atomic E-state index is 11.3. The quantitative estimate of drug-likeness (QED) is 0.619. The summed E-state index contributed by atoms with van der Waals surface area (Å²) in [6.45, 7) is 10.4. The highest BCUT2D eigenvalue weighted by molar-refractivity contribution is 5.78. The molecule has 0 rings (SSSR count). The van der Waals surface area contributed by atoms with Gasteiger partial charge in [0.1, 0.15) is 5.78 Å². The molecule has 0 saturated heterocycles. The molecule has 0 aliphatic heterocycles. The molecule has 0 N–H and O–H groups in total. The highest BCUT2D eigenvalue weighted by atomic mass is 16.1. The normalized spacial score (nSPS) is 16.2. The van der Waals surface area contributed by atoms with Gasteiger partial charge in [-0.2, -0.15) is 0 Å². The largest absolute Gasteiger partial charge is 0.300 e. The second-order valence-electron chi connectivity index (χ2n) is 4.15. The molecular formula is C11H22O. The molecule has 2 atom stereocenters. The van der Waals surface area contributed by atoms with Gasteiger partial charge in [0, 0.05) is 5.92 Å². The average molecular weight is 170 g/mol. The first-order valence-corrected chi connectivity index (χ1v) is 5.01. The molecule has 0 saturated carbocycles. The number of ketones is 1. The lowest BCUT2D eigenvalue weighted by Gasteiger charge is -2.24. The lowest BCUT2D eigenvalue weighted by atomic mass is 9.80. The van der Waals surface area contributed by atoms with Crippen LogP contribution in [0, 0.1) is 17.8 Å². The van der Waals surface area contributed by atoms with Crippen LogP contribution in [0.5, 0.6) is 0 Å². The molecule has 0 spiro atoms. The number of rotatable bonds is 5. The number of hydrogen-bond acceptors (Lipinski definition) is 1. The molecule has 0 aliphatic rings. The molecule has 0 aliphatic carbocycles. The summed E-state index contributed by atoms with van der Waals surface area (Å²) >= 11 is 0. The highest BCUT2D eigenvalue weighted by Crippen LogP contribution is 2.25. The highest BCUT2D eigenvalue weighted by Gasteiger charge is 2.23. The minimum atomic E-state index is 0.268. The Kier molecular flexibility index (Phi) is 5.19. The Balaban J connectivity index is 4.19. The predicted octanol–water partition coefficient (Wildman–Crippen LogP) is 3.28. The van der Waals surface area contributed by atoms with Crippen molar-refractivity contribution in [3.05, 3.63) is 0 Å². The van der Waals surface area contributed by atoms with Crippen LogP contribution >= 0.6 is 0 Å². The van der Waals surface area contributed by atoms with Crippen molar-refractivity contribution in [1.82, 2.24) is 0 Å². The molecule has 0 aromatic heterocycles. The summed E-state index contributed by atoms with van der Waals surface area (Å²) in [5.74, 6) is 1.66. The Morgan fingerprint density at radius 1 is 1.25 bits per heavy atom. The minimum Gasteiger partial charge on any atom is -0.300 e. The van der Waals surface area contributed by atoms with Crippen molar-refractivity contribution in [2.45, 2.75) is 47.5 Å². The molecule has 1 nitrogen and oxygen atoms in total. The summed E-state index contributed by atoms with van der Waals surface area (Å²) in [4.78, 5) is 11.3. The second kappa shape index (κ2) is 5.34. The molecular weight excluding hydrogens is 148 g/mol. The second-order valence-corrected chi connectivity index (χ2v) is 4.15. The number of carbonyl (C=O) groups excluding carboxylic acids is 1. The van der Waals surface area contributed by atoms with Crippen LogP contribution in [0.1, 0.15) is 47.5 Å². The molecule has 12 heavy (non-hydrogen) atoms. The summed E-state index contributed by atoms with van der Waals surface area (Å²) in [7, 11) is 0. The van der Waals surface area contributed by atoms with Crippen molar-refractivity contribution >= 4 is 5.78 Å². The van der Waals surface area contributed by atoms with Gasteiger partial charge in [0.2, 0.25) is 0 Å². The third-order valence-corrected chi connectivity index (χ3v) is 2.54. The van der Waals surface area contributed by atoms with Crippen LogP contribution in [0.2, 0.25) is 0 Å².